The molecule has 39 heavy (non-hydrogen) atoms. The predicted molar refractivity (Wildman–Crippen MR) is 169 cm³/mol. The Balaban J connectivity index is 1.49. The maximum atomic E-state index is 13.1. The highest BCUT2D eigenvalue weighted by molar-refractivity contribution is 9.10. The molecule has 1 saturated heterocycles. The summed E-state index contributed by atoms with van der Waals surface area (Å²) in [4.78, 5) is 27.5. The quantitative estimate of drug-likeness (QED) is 0.140. The number of fused-ring (bicyclic) bond motifs is 1. The van der Waals surface area contributed by atoms with Crippen LogP contribution in [-0.2, 0) is 9.59 Å². The van der Waals surface area contributed by atoms with Crippen LogP contribution in [0.3, 0.4) is 0 Å². The summed E-state index contributed by atoms with van der Waals surface area (Å²) in [6.07, 6.45) is 8.42. The van der Waals surface area contributed by atoms with Crippen LogP contribution in [0.5, 0.6) is 0 Å². The van der Waals surface area contributed by atoms with Crippen LogP contribution in [0.15, 0.2) is 92.0 Å². The van der Waals surface area contributed by atoms with Crippen molar-refractivity contribution in [2.24, 2.45) is 22.0 Å². The largest absolute Gasteiger partial charge is 0.331 e. The number of halogens is 2. The second-order valence-corrected chi connectivity index (χ2v) is 11.1. The van der Waals surface area contributed by atoms with E-state index in [4.69, 9.17) is 24.4 Å². The molecule has 2 aliphatic rings. The molecule has 1 aliphatic heterocycles. The van der Waals surface area contributed by atoms with Gasteiger partial charge in [0, 0.05) is 20.3 Å². The lowest BCUT2D eigenvalue weighted by Crippen LogP contribution is -2.45. The molecule has 3 unspecified atom stereocenters. The maximum absolute atomic E-state index is 13.1. The Morgan fingerprint density at radius 1 is 0.846 bits per heavy atom. The predicted octanol–water partition coefficient (Wildman–Crippen LogP) is 4.94. The van der Waals surface area contributed by atoms with Gasteiger partial charge in [0.2, 0.25) is 11.8 Å². The Kier molecular flexibility index (Phi) is 9.73. The zero-order valence-electron chi connectivity index (χ0n) is 20.5. The number of likely N-dealkylation sites (tertiary alicyclic amines) is 1. The van der Waals surface area contributed by atoms with E-state index in [9.17, 15) is 9.59 Å². The molecule has 3 atom stereocenters. The van der Waals surface area contributed by atoms with Crippen LogP contribution in [0, 0.1) is 11.8 Å². The number of carbonyl (C=O) groups excluding carboxylic acids is 2. The number of benzene rings is 2. The third kappa shape index (κ3) is 7.44. The van der Waals surface area contributed by atoms with E-state index in [1.807, 2.05) is 48.5 Å². The van der Waals surface area contributed by atoms with Crippen LogP contribution in [0.4, 0.5) is 11.4 Å². The number of anilines is 2. The molecule has 2 aromatic carbocycles. The fourth-order valence-corrected chi connectivity index (χ4v) is 4.77. The van der Waals surface area contributed by atoms with Crippen LogP contribution in [-0.4, -0.2) is 44.9 Å². The van der Waals surface area contributed by atoms with Crippen LogP contribution in [0.2, 0.25) is 0 Å². The topological polar surface area (TPSA) is 110 Å². The summed E-state index contributed by atoms with van der Waals surface area (Å²) in [6.45, 7) is 1.71. The number of imide groups is 1. The number of amides is 2. The van der Waals surface area contributed by atoms with Crippen LogP contribution in [0.1, 0.15) is 6.92 Å². The third-order valence-electron chi connectivity index (χ3n) is 5.85. The van der Waals surface area contributed by atoms with Crippen molar-refractivity contribution in [3.63, 3.8) is 0 Å². The molecule has 1 heterocycles. The van der Waals surface area contributed by atoms with Crippen molar-refractivity contribution in [3.8, 4) is 0 Å². The van der Waals surface area contributed by atoms with Gasteiger partial charge >= 0.3 is 0 Å². The Morgan fingerprint density at radius 2 is 1.31 bits per heavy atom. The number of hydrazone groups is 2. The maximum Gasteiger partial charge on any atom is 0.237 e. The summed E-state index contributed by atoms with van der Waals surface area (Å²) in [5, 5.41) is 15.1. The number of thiocarbonyl (C=S) groups is 2. The zero-order valence-corrected chi connectivity index (χ0v) is 25.3. The number of allylic oxidation sites excluding steroid dienone is 2. The molecule has 9 nitrogen and oxygen atoms in total. The van der Waals surface area contributed by atoms with Gasteiger partial charge in [-0.2, -0.15) is 10.2 Å². The molecular formula is C26H23Br2N7O2S2. The van der Waals surface area contributed by atoms with Gasteiger partial charge in [0.1, 0.15) is 5.71 Å². The highest BCUT2D eigenvalue weighted by Crippen LogP contribution is 2.32. The minimum atomic E-state index is -0.737. The smallest absolute Gasteiger partial charge is 0.237 e. The SMILES string of the molecule is CC(C(/C=N/NC(=S)Nc1ccc(Br)cc1)=N\NC(=S)Nc1ccc(Br)cc1)N1C(=O)C2C=CC=CC2C1=O. The van der Waals surface area contributed by atoms with E-state index < -0.39 is 17.9 Å². The summed E-state index contributed by atoms with van der Waals surface area (Å²) in [7, 11) is 0. The van der Waals surface area contributed by atoms with Gasteiger partial charge in [-0.25, -0.2) is 0 Å². The molecule has 0 radical (unpaired) electrons. The number of nitrogens with zero attached hydrogens (tertiary/aromatic N) is 3. The van der Waals surface area contributed by atoms with E-state index in [0.29, 0.717) is 0 Å². The van der Waals surface area contributed by atoms with Gasteiger partial charge in [-0.3, -0.25) is 25.3 Å². The molecule has 0 saturated carbocycles. The van der Waals surface area contributed by atoms with Crippen molar-refractivity contribution in [1.29, 1.82) is 0 Å². The van der Waals surface area contributed by atoms with Gasteiger partial charge in [0.25, 0.3) is 0 Å². The average molecular weight is 689 g/mol. The second-order valence-electron chi connectivity index (χ2n) is 8.48. The molecular weight excluding hydrogens is 666 g/mol. The minimum Gasteiger partial charge on any atom is -0.331 e. The lowest BCUT2D eigenvalue weighted by Gasteiger charge is -2.23. The van der Waals surface area contributed by atoms with Gasteiger partial charge < -0.3 is 10.6 Å². The van der Waals surface area contributed by atoms with Crippen molar-refractivity contribution < 1.29 is 9.59 Å². The first kappa shape index (κ1) is 28.7. The van der Waals surface area contributed by atoms with E-state index in [1.54, 1.807) is 31.2 Å². The lowest BCUT2D eigenvalue weighted by molar-refractivity contribution is -0.140. The molecule has 13 heteroatoms. The van der Waals surface area contributed by atoms with Gasteiger partial charge in [0.15, 0.2) is 10.2 Å². The minimum absolute atomic E-state index is 0.217. The third-order valence-corrected chi connectivity index (χ3v) is 7.29. The molecule has 0 spiro atoms. The number of hydrogen-bond donors (Lipinski definition) is 4. The molecule has 0 bridgehead atoms. The van der Waals surface area contributed by atoms with E-state index >= 15 is 0 Å². The standard InChI is InChI=1S/C26H23Br2N7O2S2/c1-15(35-23(36)20-4-2-3-5-21(20)24(35)37)22(32-34-26(39)31-19-12-8-17(28)9-13-19)14-29-33-25(38)30-18-10-6-16(27)7-11-18/h2-15,20-21H,1H3,(H2,30,33,38)(H2,31,34,39)/b29-14+,32-22-. The number of nitrogens with one attached hydrogen (secondary N) is 4. The first-order valence-electron chi connectivity index (χ1n) is 11.7. The Hall–Kier alpha value is -3.26. The molecule has 2 amide bonds. The Bertz CT molecular complexity index is 1360. The van der Waals surface area contributed by atoms with Crippen molar-refractivity contribution in [2.75, 3.05) is 10.6 Å². The van der Waals surface area contributed by atoms with Crippen molar-refractivity contribution in [2.45, 2.75) is 13.0 Å². The Labute approximate surface area is 253 Å². The van der Waals surface area contributed by atoms with E-state index in [-0.39, 0.29) is 27.8 Å². The molecule has 0 aromatic heterocycles. The molecule has 200 valence electrons. The van der Waals surface area contributed by atoms with Crippen molar-refractivity contribution in [1.82, 2.24) is 15.8 Å². The molecule has 2 aromatic rings. The van der Waals surface area contributed by atoms with Gasteiger partial charge in [-0.15, -0.1) is 0 Å². The van der Waals surface area contributed by atoms with Crippen molar-refractivity contribution in [3.05, 3.63) is 81.8 Å². The first-order chi connectivity index (χ1) is 18.7. The van der Waals surface area contributed by atoms with E-state index in [0.717, 1.165) is 20.3 Å². The molecule has 4 rings (SSSR count). The van der Waals surface area contributed by atoms with Gasteiger partial charge in [0.05, 0.1) is 24.1 Å². The Morgan fingerprint density at radius 3 is 1.79 bits per heavy atom. The summed E-state index contributed by atoms with van der Waals surface area (Å²) in [5.41, 5.74) is 7.32. The second kappa shape index (κ2) is 13.2. The number of hydrogen-bond acceptors (Lipinski definition) is 6. The molecule has 1 aliphatic carbocycles. The number of carbonyl (C=O) groups is 2. The molecule has 4 N–H and O–H groups in total. The monoisotopic (exact) mass is 687 g/mol. The van der Waals surface area contributed by atoms with Crippen LogP contribution < -0.4 is 21.5 Å². The van der Waals surface area contributed by atoms with Crippen LogP contribution in [0.25, 0.3) is 0 Å². The van der Waals surface area contributed by atoms with Crippen LogP contribution >= 0.6 is 56.3 Å². The fourth-order valence-electron chi connectivity index (χ4n) is 3.91. The summed E-state index contributed by atoms with van der Waals surface area (Å²) >= 11 is 17.5. The highest BCUT2D eigenvalue weighted by Gasteiger charge is 2.48. The summed E-state index contributed by atoms with van der Waals surface area (Å²) in [6, 6.07) is 14.2. The molecule has 1 fully saturated rings. The van der Waals surface area contributed by atoms with E-state index in [1.165, 1.54) is 11.1 Å². The zero-order chi connectivity index (χ0) is 27.9. The van der Waals surface area contributed by atoms with Crippen molar-refractivity contribution >= 4 is 102 Å². The lowest BCUT2D eigenvalue weighted by atomic mass is 9.91. The first-order valence-corrected chi connectivity index (χ1v) is 14.1. The van der Waals surface area contributed by atoms with Gasteiger partial charge in [-0.1, -0.05) is 56.2 Å². The van der Waals surface area contributed by atoms with Gasteiger partial charge in [-0.05, 0) is 79.9 Å². The summed E-state index contributed by atoms with van der Waals surface area (Å²) < 4.78 is 1.87. The number of rotatable bonds is 7. The van der Waals surface area contributed by atoms with E-state index in [2.05, 4.69) is 63.5 Å². The average Bonchev–Trinajstić information content (AvgIpc) is 3.18. The normalized spacial score (nSPS) is 19.2. The highest BCUT2D eigenvalue weighted by atomic mass is 79.9. The fraction of sp³-hybridized carbons (Fsp3) is 0.154. The summed E-state index contributed by atoms with van der Waals surface area (Å²) in [5.74, 6) is -1.65.